The van der Waals surface area contributed by atoms with Gasteiger partial charge < -0.3 is 14.5 Å². The number of rotatable bonds is 4. The lowest BCUT2D eigenvalue weighted by Gasteiger charge is -2.24. The van der Waals surface area contributed by atoms with Crippen LogP contribution in [-0.2, 0) is 11.2 Å². The number of amides is 1. The van der Waals surface area contributed by atoms with E-state index in [4.69, 9.17) is 4.74 Å². The number of nitro benzene ring substituents is 1. The Morgan fingerprint density at radius 2 is 2.19 bits per heavy atom. The maximum Gasteiger partial charge on any atom is 0.313 e. The first-order chi connectivity index (χ1) is 9.85. The molecule has 0 unspecified atom stereocenters. The second-order valence-electron chi connectivity index (χ2n) is 5.46. The molecule has 1 aliphatic rings. The Balaban J connectivity index is 2.45. The minimum Gasteiger partial charge on any atom is -0.490 e. The second kappa shape index (κ2) is 5.69. The smallest absolute Gasteiger partial charge is 0.313 e. The van der Waals surface area contributed by atoms with Crippen LogP contribution in [0.1, 0.15) is 12.5 Å². The highest BCUT2D eigenvalue weighted by Gasteiger charge is 2.34. The largest absolute Gasteiger partial charge is 0.490 e. The number of ether oxygens (including phenoxy) is 1. The number of benzene rings is 1. The fraction of sp³-hybridized carbons (Fsp3) is 0.500. The molecule has 1 aromatic carbocycles. The summed E-state index contributed by atoms with van der Waals surface area (Å²) in [5.74, 6) is 0.165. The van der Waals surface area contributed by atoms with E-state index in [1.54, 1.807) is 15.9 Å². The van der Waals surface area contributed by atoms with E-state index in [2.05, 4.69) is 0 Å². The normalized spacial score (nSPS) is 17.0. The molecule has 0 aromatic heterocycles. The van der Waals surface area contributed by atoms with Gasteiger partial charge in [0.1, 0.15) is 0 Å². The summed E-state index contributed by atoms with van der Waals surface area (Å²) in [7, 11) is 5.04. The molecule has 7 heteroatoms. The molecule has 1 aliphatic heterocycles. The molecule has 0 radical (unpaired) electrons. The van der Waals surface area contributed by atoms with E-state index in [9.17, 15) is 14.9 Å². The van der Waals surface area contributed by atoms with Crippen molar-refractivity contribution >= 4 is 17.3 Å². The zero-order valence-corrected chi connectivity index (χ0v) is 12.6. The summed E-state index contributed by atoms with van der Waals surface area (Å²) in [6.07, 6.45) is 0.670. The Hall–Kier alpha value is -2.15. The number of hydrogen-bond donors (Lipinski definition) is 0. The molecular weight excluding hydrogens is 274 g/mol. The van der Waals surface area contributed by atoms with Gasteiger partial charge in [-0.15, -0.1) is 0 Å². The molecule has 1 aromatic rings. The third-order valence-corrected chi connectivity index (χ3v) is 3.51. The maximum absolute atomic E-state index is 12.3. The van der Waals surface area contributed by atoms with Gasteiger partial charge in [-0.2, -0.15) is 0 Å². The van der Waals surface area contributed by atoms with Crippen LogP contribution in [-0.4, -0.2) is 49.5 Å². The molecule has 1 amide bonds. The van der Waals surface area contributed by atoms with Crippen molar-refractivity contribution in [1.82, 2.24) is 4.90 Å². The van der Waals surface area contributed by atoms with E-state index >= 15 is 0 Å². The molecule has 2 rings (SSSR count). The van der Waals surface area contributed by atoms with Crippen molar-refractivity contribution < 1.29 is 14.5 Å². The first kappa shape index (κ1) is 15.2. The summed E-state index contributed by atoms with van der Waals surface area (Å²) in [6.45, 7) is 2.20. The van der Waals surface area contributed by atoms with Crippen LogP contribution in [0.4, 0.5) is 11.4 Å². The number of anilines is 1. The second-order valence-corrected chi connectivity index (χ2v) is 5.46. The number of nitro groups is 1. The summed E-state index contributed by atoms with van der Waals surface area (Å²) in [5, 5.41) is 11.1. The van der Waals surface area contributed by atoms with Gasteiger partial charge in [0.15, 0.2) is 5.75 Å². The molecule has 114 valence electrons. The molecular formula is C14H19N3O4. The number of carbonyl (C=O) groups is 1. The van der Waals surface area contributed by atoms with Gasteiger partial charge >= 0.3 is 5.69 Å². The van der Waals surface area contributed by atoms with Crippen molar-refractivity contribution in [3.63, 3.8) is 0 Å². The number of carbonyl (C=O) groups excluding carboxylic acids is 1. The predicted octanol–water partition coefficient (Wildman–Crippen LogP) is 1.44. The van der Waals surface area contributed by atoms with E-state index in [1.165, 1.54) is 13.2 Å². The maximum atomic E-state index is 12.3. The van der Waals surface area contributed by atoms with Crippen molar-refractivity contribution in [3.8, 4) is 5.75 Å². The van der Waals surface area contributed by atoms with Gasteiger partial charge in [-0.3, -0.25) is 14.9 Å². The molecule has 0 bridgehead atoms. The van der Waals surface area contributed by atoms with Crippen LogP contribution in [0.3, 0.4) is 0 Å². The number of fused-ring (bicyclic) bond motifs is 1. The van der Waals surface area contributed by atoms with Crippen molar-refractivity contribution in [3.05, 3.63) is 27.8 Å². The van der Waals surface area contributed by atoms with E-state index < -0.39 is 4.92 Å². The Morgan fingerprint density at radius 1 is 1.52 bits per heavy atom. The highest BCUT2D eigenvalue weighted by Crippen LogP contribution is 2.40. The summed E-state index contributed by atoms with van der Waals surface area (Å²) >= 11 is 0. The van der Waals surface area contributed by atoms with Crippen molar-refractivity contribution in [2.75, 3.05) is 32.6 Å². The summed E-state index contributed by atoms with van der Waals surface area (Å²) in [4.78, 5) is 26.4. The van der Waals surface area contributed by atoms with E-state index in [1.807, 2.05) is 21.0 Å². The SMILES string of the molecule is COc1cc2c(cc1[N+](=O)[O-])N(C(=O)CN(C)C)[C@@H](C)C2. The standard InChI is InChI=1S/C14H19N3O4/c1-9-5-10-6-13(21-4)12(17(19)20)7-11(10)16(9)14(18)8-15(2)3/h6-7,9H,5,8H2,1-4H3/t9-/m0/s1. The van der Waals surface area contributed by atoms with E-state index in [-0.39, 0.29) is 29.9 Å². The van der Waals surface area contributed by atoms with E-state index in [0.29, 0.717) is 12.1 Å². The lowest BCUT2D eigenvalue weighted by molar-refractivity contribution is -0.385. The highest BCUT2D eigenvalue weighted by atomic mass is 16.6. The van der Waals surface area contributed by atoms with Gasteiger partial charge in [0.2, 0.25) is 5.91 Å². The summed E-state index contributed by atoms with van der Waals surface area (Å²) < 4.78 is 5.07. The fourth-order valence-corrected chi connectivity index (χ4v) is 2.67. The number of hydrogen-bond acceptors (Lipinski definition) is 5. The van der Waals surface area contributed by atoms with E-state index in [0.717, 1.165) is 5.56 Å². The zero-order valence-electron chi connectivity index (χ0n) is 12.6. The van der Waals surface area contributed by atoms with Gasteiger partial charge in [0.25, 0.3) is 0 Å². The van der Waals surface area contributed by atoms with Crippen LogP contribution < -0.4 is 9.64 Å². The van der Waals surface area contributed by atoms with Gasteiger partial charge in [-0.25, -0.2) is 0 Å². The van der Waals surface area contributed by atoms with Gasteiger partial charge in [0, 0.05) is 12.1 Å². The molecule has 1 heterocycles. The average Bonchev–Trinajstić information content (AvgIpc) is 2.70. The topological polar surface area (TPSA) is 75.9 Å². The van der Waals surface area contributed by atoms with Gasteiger partial charge in [-0.1, -0.05) is 0 Å². The average molecular weight is 293 g/mol. The third kappa shape index (κ3) is 2.82. The fourth-order valence-electron chi connectivity index (χ4n) is 2.67. The molecule has 21 heavy (non-hydrogen) atoms. The predicted molar refractivity (Wildman–Crippen MR) is 78.9 cm³/mol. The van der Waals surface area contributed by atoms with Crippen molar-refractivity contribution in [1.29, 1.82) is 0 Å². The molecule has 0 fully saturated rings. The number of methoxy groups -OCH3 is 1. The lowest BCUT2D eigenvalue weighted by Crippen LogP contribution is -2.41. The molecule has 1 atom stereocenters. The Labute approximate surface area is 123 Å². The summed E-state index contributed by atoms with van der Waals surface area (Å²) in [5.41, 5.74) is 1.40. The zero-order chi connectivity index (χ0) is 15.7. The molecule has 0 N–H and O–H groups in total. The Morgan fingerprint density at radius 3 is 2.71 bits per heavy atom. The lowest BCUT2D eigenvalue weighted by atomic mass is 10.1. The van der Waals surface area contributed by atoms with Crippen LogP contribution in [0.2, 0.25) is 0 Å². The molecule has 7 nitrogen and oxygen atoms in total. The minimum atomic E-state index is -0.489. The monoisotopic (exact) mass is 293 g/mol. The molecule has 0 aliphatic carbocycles. The van der Waals surface area contributed by atoms with Crippen LogP contribution in [0, 0.1) is 10.1 Å². The number of nitrogens with zero attached hydrogens (tertiary/aromatic N) is 3. The van der Waals surface area contributed by atoms with Gasteiger partial charge in [0.05, 0.1) is 24.3 Å². The Kier molecular flexibility index (Phi) is 4.13. The van der Waals surface area contributed by atoms with Crippen LogP contribution in [0.15, 0.2) is 12.1 Å². The first-order valence-corrected chi connectivity index (χ1v) is 6.67. The molecule has 0 saturated carbocycles. The highest BCUT2D eigenvalue weighted by molar-refractivity contribution is 5.98. The quantitative estimate of drug-likeness (QED) is 0.620. The third-order valence-electron chi connectivity index (χ3n) is 3.51. The first-order valence-electron chi connectivity index (χ1n) is 6.67. The minimum absolute atomic E-state index is 0.0147. The van der Waals surface area contributed by atoms with Gasteiger partial charge in [-0.05, 0) is 39.1 Å². The number of likely N-dealkylation sites (N-methyl/N-ethyl adjacent to an activating group) is 1. The van der Waals surface area contributed by atoms with Crippen molar-refractivity contribution in [2.24, 2.45) is 0 Å². The van der Waals surface area contributed by atoms with Crippen molar-refractivity contribution in [2.45, 2.75) is 19.4 Å². The Bertz CT molecular complexity index is 586. The van der Waals surface area contributed by atoms with Crippen LogP contribution >= 0.6 is 0 Å². The molecule has 0 saturated heterocycles. The molecule has 0 spiro atoms. The van der Waals surface area contributed by atoms with Crippen LogP contribution in [0.25, 0.3) is 0 Å². The van der Waals surface area contributed by atoms with Crippen LogP contribution in [0.5, 0.6) is 5.75 Å². The summed E-state index contributed by atoms with van der Waals surface area (Å²) in [6, 6.07) is 3.08.